The Balaban J connectivity index is 2.21. The average Bonchev–Trinajstić information content (AvgIpc) is 2.64. The van der Waals surface area contributed by atoms with Gasteiger partial charge >= 0.3 is 0 Å². The number of anilines is 1. The number of fused-ring (bicyclic) bond motifs is 1. The number of para-hydroxylation sites is 1. The fourth-order valence-corrected chi connectivity index (χ4v) is 2.73. The van der Waals surface area contributed by atoms with E-state index in [4.69, 9.17) is 4.74 Å². The maximum absolute atomic E-state index is 5.23. The van der Waals surface area contributed by atoms with Crippen molar-refractivity contribution in [3.05, 3.63) is 29.8 Å². The second kappa shape index (κ2) is 6.92. The second-order valence-electron chi connectivity index (χ2n) is 5.40. The van der Waals surface area contributed by atoms with Gasteiger partial charge in [-0.05, 0) is 31.4 Å². The van der Waals surface area contributed by atoms with Gasteiger partial charge in [0.15, 0.2) is 0 Å². The Hall–Kier alpha value is -1.06. The highest BCUT2D eigenvalue weighted by atomic mass is 16.5. The summed E-state index contributed by atoms with van der Waals surface area (Å²) < 4.78 is 5.23. The fraction of sp³-hybridized carbons (Fsp3) is 0.625. The molecular formula is C16H26N2O. The molecule has 0 aliphatic carbocycles. The molecule has 1 N–H and O–H groups in total. The van der Waals surface area contributed by atoms with Crippen LogP contribution in [0.15, 0.2) is 24.3 Å². The Bertz CT molecular complexity index is 394. The van der Waals surface area contributed by atoms with Crippen molar-refractivity contribution in [2.75, 3.05) is 25.2 Å². The van der Waals surface area contributed by atoms with Gasteiger partial charge in [-0.25, -0.2) is 0 Å². The van der Waals surface area contributed by atoms with Crippen LogP contribution >= 0.6 is 0 Å². The van der Waals surface area contributed by atoms with Crippen LogP contribution in [0, 0.1) is 0 Å². The molecule has 0 saturated heterocycles. The highest BCUT2D eigenvalue weighted by Gasteiger charge is 2.23. The standard InChI is InChI=1S/C16H26N2O/c1-4-15-12-18(13(2)9-10-19-3)16-8-6-5-7-14(16)11-17-15/h5-8,13,15,17H,4,9-12H2,1-3H3. The third kappa shape index (κ3) is 3.48. The predicted molar refractivity (Wildman–Crippen MR) is 80.7 cm³/mol. The Kier molecular flexibility index (Phi) is 5.23. The summed E-state index contributed by atoms with van der Waals surface area (Å²) in [4.78, 5) is 2.54. The van der Waals surface area contributed by atoms with Gasteiger partial charge in [-0.15, -0.1) is 0 Å². The Morgan fingerprint density at radius 1 is 1.42 bits per heavy atom. The number of nitrogens with one attached hydrogen (secondary N) is 1. The molecule has 0 spiro atoms. The summed E-state index contributed by atoms with van der Waals surface area (Å²) in [6, 6.07) is 9.83. The van der Waals surface area contributed by atoms with Crippen molar-refractivity contribution in [1.82, 2.24) is 5.32 Å². The zero-order valence-electron chi connectivity index (χ0n) is 12.4. The maximum atomic E-state index is 5.23. The van der Waals surface area contributed by atoms with E-state index >= 15 is 0 Å². The minimum Gasteiger partial charge on any atom is -0.385 e. The number of rotatable bonds is 5. The summed E-state index contributed by atoms with van der Waals surface area (Å²) in [7, 11) is 1.78. The first-order valence-electron chi connectivity index (χ1n) is 7.33. The first kappa shape index (κ1) is 14.4. The van der Waals surface area contributed by atoms with E-state index in [1.807, 2.05) is 0 Å². The summed E-state index contributed by atoms with van der Waals surface area (Å²) in [5.41, 5.74) is 2.79. The Morgan fingerprint density at radius 3 is 2.95 bits per heavy atom. The number of nitrogens with zero attached hydrogens (tertiary/aromatic N) is 1. The minimum absolute atomic E-state index is 0.509. The molecule has 1 heterocycles. The summed E-state index contributed by atoms with van der Waals surface area (Å²) in [6.07, 6.45) is 2.24. The van der Waals surface area contributed by atoms with Gasteiger partial charge in [0.25, 0.3) is 0 Å². The number of hydrogen-bond donors (Lipinski definition) is 1. The van der Waals surface area contributed by atoms with E-state index in [2.05, 4.69) is 48.3 Å². The molecule has 3 heteroatoms. The van der Waals surface area contributed by atoms with Crippen molar-refractivity contribution in [3.8, 4) is 0 Å². The van der Waals surface area contributed by atoms with Crippen LogP contribution in [0.25, 0.3) is 0 Å². The molecule has 0 saturated carbocycles. The first-order valence-corrected chi connectivity index (χ1v) is 7.33. The zero-order valence-corrected chi connectivity index (χ0v) is 12.4. The largest absolute Gasteiger partial charge is 0.385 e. The van der Waals surface area contributed by atoms with Crippen molar-refractivity contribution >= 4 is 5.69 Å². The zero-order chi connectivity index (χ0) is 13.7. The monoisotopic (exact) mass is 262 g/mol. The SMILES string of the molecule is CCC1CN(C(C)CCOC)c2ccccc2CN1. The van der Waals surface area contributed by atoms with Gasteiger partial charge in [0.05, 0.1) is 0 Å². The van der Waals surface area contributed by atoms with Crippen molar-refractivity contribution in [2.45, 2.75) is 45.3 Å². The van der Waals surface area contributed by atoms with E-state index in [9.17, 15) is 0 Å². The summed E-state index contributed by atoms with van der Waals surface area (Å²) >= 11 is 0. The van der Waals surface area contributed by atoms with Crippen LogP contribution in [-0.4, -0.2) is 32.3 Å². The lowest BCUT2D eigenvalue weighted by Crippen LogP contribution is -2.42. The van der Waals surface area contributed by atoms with E-state index < -0.39 is 0 Å². The van der Waals surface area contributed by atoms with E-state index in [1.165, 1.54) is 17.7 Å². The van der Waals surface area contributed by atoms with Crippen molar-refractivity contribution in [2.24, 2.45) is 0 Å². The molecule has 0 amide bonds. The first-order chi connectivity index (χ1) is 9.26. The quantitative estimate of drug-likeness (QED) is 0.883. The average molecular weight is 262 g/mol. The summed E-state index contributed by atoms with van der Waals surface area (Å²) in [5.74, 6) is 0. The number of ether oxygens (including phenoxy) is 1. The fourth-order valence-electron chi connectivity index (χ4n) is 2.73. The van der Waals surface area contributed by atoms with Crippen molar-refractivity contribution in [3.63, 3.8) is 0 Å². The van der Waals surface area contributed by atoms with E-state index in [-0.39, 0.29) is 0 Å². The highest BCUT2D eigenvalue weighted by molar-refractivity contribution is 5.55. The molecule has 2 unspecified atom stereocenters. The molecule has 106 valence electrons. The molecule has 2 rings (SSSR count). The van der Waals surface area contributed by atoms with Crippen molar-refractivity contribution in [1.29, 1.82) is 0 Å². The molecule has 19 heavy (non-hydrogen) atoms. The van der Waals surface area contributed by atoms with Crippen LogP contribution in [0.1, 0.15) is 32.3 Å². The topological polar surface area (TPSA) is 24.5 Å². The van der Waals surface area contributed by atoms with Crippen molar-refractivity contribution < 1.29 is 4.74 Å². The van der Waals surface area contributed by atoms with Gasteiger partial charge in [-0.3, -0.25) is 0 Å². The molecule has 0 radical (unpaired) electrons. The van der Waals surface area contributed by atoms with E-state index in [1.54, 1.807) is 7.11 Å². The smallest absolute Gasteiger partial charge is 0.0481 e. The highest BCUT2D eigenvalue weighted by Crippen LogP contribution is 2.26. The minimum atomic E-state index is 0.509. The van der Waals surface area contributed by atoms with Crippen LogP contribution in [0.3, 0.4) is 0 Å². The summed E-state index contributed by atoms with van der Waals surface area (Å²) in [6.45, 7) is 7.43. The van der Waals surface area contributed by atoms with Gasteiger partial charge in [0.2, 0.25) is 0 Å². The lowest BCUT2D eigenvalue weighted by atomic mass is 10.1. The van der Waals surface area contributed by atoms with Gasteiger partial charge in [0.1, 0.15) is 0 Å². The van der Waals surface area contributed by atoms with Crippen LogP contribution < -0.4 is 10.2 Å². The molecule has 1 aliphatic heterocycles. The van der Waals surface area contributed by atoms with E-state index in [0.29, 0.717) is 12.1 Å². The Labute approximate surface area is 116 Å². The molecule has 1 aromatic rings. The van der Waals surface area contributed by atoms with Crippen LogP contribution in [-0.2, 0) is 11.3 Å². The molecule has 0 fully saturated rings. The molecular weight excluding hydrogens is 236 g/mol. The van der Waals surface area contributed by atoms with Crippen LogP contribution in [0.5, 0.6) is 0 Å². The normalized spacial score (nSPS) is 20.8. The van der Waals surface area contributed by atoms with Gasteiger partial charge in [-0.2, -0.15) is 0 Å². The maximum Gasteiger partial charge on any atom is 0.0481 e. The third-order valence-electron chi connectivity index (χ3n) is 4.06. The number of hydrogen-bond acceptors (Lipinski definition) is 3. The molecule has 0 bridgehead atoms. The Morgan fingerprint density at radius 2 is 2.21 bits per heavy atom. The van der Waals surface area contributed by atoms with Crippen LogP contribution in [0.4, 0.5) is 5.69 Å². The second-order valence-corrected chi connectivity index (χ2v) is 5.40. The molecule has 3 nitrogen and oxygen atoms in total. The number of methoxy groups -OCH3 is 1. The lowest BCUT2D eigenvalue weighted by Gasteiger charge is -2.33. The van der Waals surface area contributed by atoms with Gasteiger partial charge in [0, 0.05) is 44.6 Å². The molecule has 1 aromatic carbocycles. The molecule has 2 atom stereocenters. The van der Waals surface area contributed by atoms with E-state index in [0.717, 1.165) is 26.1 Å². The molecule has 1 aliphatic rings. The van der Waals surface area contributed by atoms with Crippen LogP contribution in [0.2, 0.25) is 0 Å². The van der Waals surface area contributed by atoms with Gasteiger partial charge in [-0.1, -0.05) is 25.1 Å². The number of benzene rings is 1. The molecule has 0 aromatic heterocycles. The lowest BCUT2D eigenvalue weighted by molar-refractivity contribution is 0.188. The predicted octanol–water partition coefficient (Wildman–Crippen LogP) is 2.80. The third-order valence-corrected chi connectivity index (χ3v) is 4.06. The van der Waals surface area contributed by atoms with Gasteiger partial charge < -0.3 is 15.0 Å². The summed E-state index contributed by atoms with van der Waals surface area (Å²) in [5, 5.41) is 3.66.